The Morgan fingerprint density at radius 3 is 2.35 bits per heavy atom. The van der Waals surface area contributed by atoms with Crippen molar-refractivity contribution in [2.75, 3.05) is 32.8 Å². The number of nitrogens with one attached hydrogen (secondary N) is 1. The molecule has 23 heavy (non-hydrogen) atoms. The monoisotopic (exact) mass is 316 g/mol. The van der Waals surface area contributed by atoms with E-state index in [1.807, 2.05) is 29.2 Å². The van der Waals surface area contributed by atoms with Crippen molar-refractivity contribution < 1.29 is 9.53 Å². The van der Waals surface area contributed by atoms with Crippen LogP contribution in [0.5, 0.6) is 5.75 Å². The van der Waals surface area contributed by atoms with Crippen LogP contribution >= 0.6 is 0 Å². The molecule has 2 atom stereocenters. The molecule has 0 unspecified atom stereocenters. The van der Waals surface area contributed by atoms with Crippen LogP contribution in [0, 0.1) is 17.8 Å². The summed E-state index contributed by atoms with van der Waals surface area (Å²) in [6, 6.07) is 7.61. The second-order valence-corrected chi connectivity index (χ2v) is 7.28. The number of carbonyl (C=O) groups excluding carboxylic acids is 1. The van der Waals surface area contributed by atoms with Crippen molar-refractivity contribution in [3.05, 3.63) is 29.8 Å². The van der Waals surface area contributed by atoms with Gasteiger partial charge in [-0.15, -0.1) is 0 Å². The number of likely N-dealkylation sites (tertiary alicyclic amines) is 1. The molecule has 1 N–H and O–H groups in total. The lowest BCUT2D eigenvalue weighted by Gasteiger charge is -2.21. The minimum atomic E-state index is 0.161. The van der Waals surface area contributed by atoms with Gasteiger partial charge in [-0.3, -0.25) is 4.79 Å². The fourth-order valence-corrected chi connectivity index (χ4v) is 3.56. The van der Waals surface area contributed by atoms with E-state index in [1.165, 1.54) is 0 Å². The van der Waals surface area contributed by atoms with Gasteiger partial charge in [0.25, 0.3) is 5.91 Å². The number of hydrogen-bond acceptors (Lipinski definition) is 3. The first-order valence-corrected chi connectivity index (χ1v) is 8.86. The zero-order valence-electron chi connectivity index (χ0n) is 14.3. The van der Waals surface area contributed by atoms with Crippen molar-refractivity contribution in [1.29, 1.82) is 0 Å². The number of ether oxygens (including phenoxy) is 1. The van der Waals surface area contributed by atoms with Gasteiger partial charge in [-0.1, -0.05) is 13.8 Å². The lowest BCUT2D eigenvalue weighted by molar-refractivity contribution is 0.0758. The Hall–Kier alpha value is -1.55. The van der Waals surface area contributed by atoms with Crippen LogP contribution in [-0.2, 0) is 0 Å². The molecule has 4 nitrogen and oxygen atoms in total. The molecule has 1 aromatic carbocycles. The molecule has 2 heterocycles. The highest BCUT2D eigenvalue weighted by molar-refractivity contribution is 5.94. The van der Waals surface area contributed by atoms with Crippen LogP contribution in [0.3, 0.4) is 0 Å². The average Bonchev–Trinajstić information content (AvgIpc) is 2.91. The number of amides is 1. The second kappa shape index (κ2) is 7.35. The Labute approximate surface area is 139 Å². The molecule has 3 rings (SSSR count). The Bertz CT molecular complexity index is 513. The Morgan fingerprint density at radius 1 is 1.17 bits per heavy atom. The molecule has 0 radical (unpaired) electrons. The van der Waals surface area contributed by atoms with Gasteiger partial charge in [0.2, 0.25) is 0 Å². The second-order valence-electron chi connectivity index (χ2n) is 7.28. The highest BCUT2D eigenvalue weighted by Gasteiger charge is 2.31. The molecular formula is C19H28N2O2. The molecule has 2 saturated heterocycles. The van der Waals surface area contributed by atoms with Gasteiger partial charge in [-0.2, -0.15) is 0 Å². The molecule has 2 fully saturated rings. The smallest absolute Gasteiger partial charge is 0.253 e. The molecule has 4 heteroatoms. The van der Waals surface area contributed by atoms with Crippen LogP contribution < -0.4 is 10.1 Å². The fourth-order valence-electron chi connectivity index (χ4n) is 3.56. The van der Waals surface area contributed by atoms with Gasteiger partial charge in [0.05, 0.1) is 6.61 Å². The van der Waals surface area contributed by atoms with E-state index in [-0.39, 0.29) is 5.91 Å². The molecule has 1 aromatic rings. The van der Waals surface area contributed by atoms with Gasteiger partial charge in [-0.05, 0) is 68.0 Å². The highest BCUT2D eigenvalue weighted by atomic mass is 16.5. The van der Waals surface area contributed by atoms with Crippen LogP contribution in [0.25, 0.3) is 0 Å². The summed E-state index contributed by atoms with van der Waals surface area (Å²) in [6.45, 7) is 8.96. The number of hydrogen-bond donors (Lipinski definition) is 1. The maximum Gasteiger partial charge on any atom is 0.253 e. The summed E-state index contributed by atoms with van der Waals surface area (Å²) in [5.74, 6) is 3.00. The quantitative estimate of drug-likeness (QED) is 0.929. The normalized spacial score (nSPS) is 24.4. The van der Waals surface area contributed by atoms with Crippen LogP contribution in [0.2, 0.25) is 0 Å². The molecular weight excluding hydrogens is 288 g/mol. The Balaban J connectivity index is 1.59. The lowest BCUT2D eigenvalue weighted by atomic mass is 9.92. The fraction of sp³-hybridized carbons (Fsp3) is 0.632. The van der Waals surface area contributed by atoms with Gasteiger partial charge in [-0.25, -0.2) is 0 Å². The zero-order valence-corrected chi connectivity index (χ0v) is 14.3. The molecule has 0 aromatic heterocycles. The van der Waals surface area contributed by atoms with Crippen molar-refractivity contribution in [2.45, 2.75) is 26.7 Å². The van der Waals surface area contributed by atoms with Crippen molar-refractivity contribution in [1.82, 2.24) is 10.2 Å². The third kappa shape index (κ3) is 4.05. The maximum atomic E-state index is 12.7. The first kappa shape index (κ1) is 16.3. The van der Waals surface area contributed by atoms with Crippen molar-refractivity contribution in [3.8, 4) is 5.75 Å². The van der Waals surface area contributed by atoms with Crippen molar-refractivity contribution >= 4 is 5.91 Å². The zero-order chi connectivity index (χ0) is 16.2. The van der Waals surface area contributed by atoms with E-state index >= 15 is 0 Å². The van der Waals surface area contributed by atoms with E-state index in [2.05, 4.69) is 19.2 Å². The van der Waals surface area contributed by atoms with E-state index in [0.29, 0.717) is 12.5 Å². The van der Waals surface area contributed by atoms with E-state index in [4.69, 9.17) is 4.74 Å². The number of fused-ring (bicyclic) bond motifs is 1. The van der Waals surface area contributed by atoms with Crippen LogP contribution in [0.15, 0.2) is 24.3 Å². The number of benzene rings is 1. The average molecular weight is 316 g/mol. The summed E-state index contributed by atoms with van der Waals surface area (Å²) in [6.07, 6.45) is 2.25. The number of carbonyl (C=O) groups is 1. The molecule has 0 bridgehead atoms. The first-order chi connectivity index (χ1) is 11.1. The highest BCUT2D eigenvalue weighted by Crippen LogP contribution is 2.27. The summed E-state index contributed by atoms with van der Waals surface area (Å²) in [5.41, 5.74) is 0.770. The molecule has 0 saturated carbocycles. The molecule has 0 spiro atoms. The van der Waals surface area contributed by atoms with E-state index in [1.54, 1.807) is 0 Å². The third-order valence-corrected chi connectivity index (χ3v) is 4.99. The van der Waals surface area contributed by atoms with Crippen LogP contribution in [0.4, 0.5) is 0 Å². The van der Waals surface area contributed by atoms with E-state index < -0.39 is 0 Å². The molecule has 1 amide bonds. The van der Waals surface area contributed by atoms with E-state index in [9.17, 15) is 4.79 Å². The minimum Gasteiger partial charge on any atom is -0.493 e. The Kier molecular flexibility index (Phi) is 5.21. The molecule has 2 aliphatic heterocycles. The standard InChI is InChI=1S/C19H28N2O2/c1-14(2)13-23-18-5-3-15(4-6-18)19(22)21-9-7-16-11-20-12-17(16)8-10-21/h3-6,14,16-17,20H,7-13H2,1-2H3/t16-,17+. The van der Waals surface area contributed by atoms with Crippen molar-refractivity contribution in [3.63, 3.8) is 0 Å². The van der Waals surface area contributed by atoms with Crippen LogP contribution in [-0.4, -0.2) is 43.6 Å². The number of nitrogens with zero attached hydrogens (tertiary/aromatic N) is 1. The van der Waals surface area contributed by atoms with Gasteiger partial charge in [0, 0.05) is 18.7 Å². The largest absolute Gasteiger partial charge is 0.493 e. The van der Waals surface area contributed by atoms with Crippen molar-refractivity contribution in [2.24, 2.45) is 17.8 Å². The summed E-state index contributed by atoms with van der Waals surface area (Å²) >= 11 is 0. The summed E-state index contributed by atoms with van der Waals surface area (Å²) in [4.78, 5) is 14.7. The summed E-state index contributed by atoms with van der Waals surface area (Å²) in [5, 5.41) is 3.48. The molecule has 126 valence electrons. The van der Waals surface area contributed by atoms with E-state index in [0.717, 1.165) is 62.2 Å². The van der Waals surface area contributed by atoms with Crippen LogP contribution in [0.1, 0.15) is 37.0 Å². The number of rotatable bonds is 4. The minimum absolute atomic E-state index is 0.161. The summed E-state index contributed by atoms with van der Waals surface area (Å²) in [7, 11) is 0. The first-order valence-electron chi connectivity index (χ1n) is 8.86. The van der Waals surface area contributed by atoms with Gasteiger partial charge in [0.1, 0.15) is 5.75 Å². The SMILES string of the molecule is CC(C)COc1ccc(C(=O)N2CC[C@@H]3CNC[C@@H]3CC2)cc1. The Morgan fingerprint density at radius 2 is 1.78 bits per heavy atom. The molecule has 0 aliphatic carbocycles. The van der Waals surface area contributed by atoms with Gasteiger partial charge >= 0.3 is 0 Å². The predicted octanol–water partition coefficient (Wildman–Crippen LogP) is 2.79. The lowest BCUT2D eigenvalue weighted by Crippen LogP contribution is -2.32. The molecule has 2 aliphatic rings. The topological polar surface area (TPSA) is 41.6 Å². The van der Waals surface area contributed by atoms with Gasteiger partial charge < -0.3 is 15.0 Å². The van der Waals surface area contributed by atoms with Gasteiger partial charge in [0.15, 0.2) is 0 Å². The summed E-state index contributed by atoms with van der Waals surface area (Å²) < 4.78 is 5.69. The predicted molar refractivity (Wildman–Crippen MR) is 91.8 cm³/mol. The maximum absolute atomic E-state index is 12.7. The third-order valence-electron chi connectivity index (χ3n) is 4.99.